The Bertz CT molecular complexity index is 1260. The molecule has 1 aliphatic heterocycles. The first kappa shape index (κ1) is 19.5. The second-order valence-corrected chi connectivity index (χ2v) is 8.89. The van der Waals surface area contributed by atoms with Crippen molar-refractivity contribution in [3.63, 3.8) is 0 Å². The lowest BCUT2D eigenvalue weighted by atomic mass is 10.1. The van der Waals surface area contributed by atoms with Gasteiger partial charge >= 0.3 is 0 Å². The highest BCUT2D eigenvalue weighted by molar-refractivity contribution is 5.83. The topological polar surface area (TPSA) is 87.5 Å². The van der Waals surface area contributed by atoms with Crippen molar-refractivity contribution in [3.8, 4) is 0 Å². The van der Waals surface area contributed by atoms with Crippen LogP contribution in [0.25, 0.3) is 22.2 Å². The standard InChI is InChI=1S/C22H24F2N8/c1-31-6-4-13(5-7-31)32-22-20(25-10-18(29-22)12-2-3-12)21(30-32)26-11-19-27-16-8-14(23)15(24)9-17(16)28-19/h8-10,12-13H,2-7,11H2,1H3,(H,26,30)(H,27,28). The van der Waals surface area contributed by atoms with Gasteiger partial charge in [-0.1, -0.05) is 0 Å². The second-order valence-electron chi connectivity index (χ2n) is 8.89. The number of halogens is 2. The summed E-state index contributed by atoms with van der Waals surface area (Å²) < 4.78 is 29.1. The first-order chi connectivity index (χ1) is 15.5. The highest BCUT2D eigenvalue weighted by atomic mass is 19.2. The molecule has 2 aliphatic rings. The Balaban J connectivity index is 1.32. The molecule has 0 spiro atoms. The molecule has 4 aromatic rings. The van der Waals surface area contributed by atoms with E-state index >= 15 is 0 Å². The minimum atomic E-state index is -0.909. The monoisotopic (exact) mass is 438 g/mol. The minimum Gasteiger partial charge on any atom is -0.360 e. The van der Waals surface area contributed by atoms with Crippen LogP contribution in [0, 0.1) is 11.6 Å². The fraction of sp³-hybridized carbons (Fsp3) is 0.455. The molecule has 8 nitrogen and oxygen atoms in total. The van der Waals surface area contributed by atoms with Crippen LogP contribution < -0.4 is 5.32 Å². The Labute approximate surface area is 183 Å². The third kappa shape index (κ3) is 3.48. The average Bonchev–Trinajstić information content (AvgIpc) is 3.48. The molecular formula is C22H24F2N8. The van der Waals surface area contributed by atoms with Crippen LogP contribution in [0.2, 0.25) is 0 Å². The Morgan fingerprint density at radius 1 is 1.09 bits per heavy atom. The summed E-state index contributed by atoms with van der Waals surface area (Å²) in [6, 6.07) is 2.50. The lowest BCUT2D eigenvalue weighted by molar-refractivity contribution is 0.215. The zero-order valence-electron chi connectivity index (χ0n) is 17.8. The predicted molar refractivity (Wildman–Crippen MR) is 116 cm³/mol. The van der Waals surface area contributed by atoms with E-state index in [9.17, 15) is 8.78 Å². The van der Waals surface area contributed by atoms with Gasteiger partial charge in [0.15, 0.2) is 28.6 Å². The van der Waals surface area contributed by atoms with Gasteiger partial charge in [-0.15, -0.1) is 0 Å². The molecule has 1 saturated carbocycles. The normalized spacial score (nSPS) is 18.1. The van der Waals surface area contributed by atoms with Crippen LogP contribution in [-0.2, 0) is 6.54 Å². The van der Waals surface area contributed by atoms with Crippen LogP contribution in [0.4, 0.5) is 14.6 Å². The number of anilines is 1. The zero-order valence-corrected chi connectivity index (χ0v) is 17.8. The number of likely N-dealkylation sites (tertiary alicyclic amines) is 1. The molecule has 6 rings (SSSR count). The summed E-state index contributed by atoms with van der Waals surface area (Å²) in [7, 11) is 2.14. The average molecular weight is 438 g/mol. The minimum absolute atomic E-state index is 0.283. The number of aromatic amines is 1. The largest absolute Gasteiger partial charge is 0.360 e. The van der Waals surface area contributed by atoms with Gasteiger partial charge in [0, 0.05) is 24.2 Å². The fourth-order valence-corrected chi connectivity index (χ4v) is 4.42. The molecule has 166 valence electrons. The summed E-state index contributed by atoms with van der Waals surface area (Å²) in [5.74, 6) is -0.0833. The smallest absolute Gasteiger partial charge is 0.179 e. The van der Waals surface area contributed by atoms with Crippen LogP contribution in [0.15, 0.2) is 18.3 Å². The van der Waals surface area contributed by atoms with Crippen LogP contribution in [0.3, 0.4) is 0 Å². The Kier molecular flexibility index (Phi) is 4.56. The number of hydrogen-bond acceptors (Lipinski definition) is 6. The summed E-state index contributed by atoms with van der Waals surface area (Å²) in [5, 5.41) is 8.16. The van der Waals surface area contributed by atoms with Crippen molar-refractivity contribution >= 4 is 28.0 Å². The maximum atomic E-state index is 13.5. The van der Waals surface area contributed by atoms with E-state index in [2.05, 4.69) is 27.2 Å². The van der Waals surface area contributed by atoms with Crippen molar-refractivity contribution in [2.45, 2.75) is 44.2 Å². The Morgan fingerprint density at radius 2 is 1.88 bits per heavy atom. The molecule has 1 aromatic carbocycles. The molecule has 0 radical (unpaired) electrons. The van der Waals surface area contributed by atoms with Gasteiger partial charge in [-0.2, -0.15) is 5.10 Å². The van der Waals surface area contributed by atoms with E-state index in [1.165, 1.54) is 12.8 Å². The second kappa shape index (κ2) is 7.47. The number of aromatic nitrogens is 6. The number of hydrogen-bond donors (Lipinski definition) is 2. The molecule has 0 amide bonds. The summed E-state index contributed by atoms with van der Waals surface area (Å²) in [6.45, 7) is 2.37. The molecule has 0 unspecified atom stereocenters. The van der Waals surface area contributed by atoms with Gasteiger partial charge in [-0.3, -0.25) is 0 Å². The van der Waals surface area contributed by atoms with Gasteiger partial charge in [0.05, 0.1) is 29.3 Å². The van der Waals surface area contributed by atoms with E-state index in [0.717, 1.165) is 54.9 Å². The molecular weight excluding hydrogens is 414 g/mol. The van der Waals surface area contributed by atoms with Crippen molar-refractivity contribution < 1.29 is 8.78 Å². The number of nitrogens with zero attached hydrogens (tertiary/aromatic N) is 6. The van der Waals surface area contributed by atoms with E-state index < -0.39 is 11.6 Å². The van der Waals surface area contributed by atoms with Gasteiger partial charge in [-0.05, 0) is 45.8 Å². The summed E-state index contributed by atoms with van der Waals surface area (Å²) >= 11 is 0. The molecule has 4 heterocycles. The summed E-state index contributed by atoms with van der Waals surface area (Å²) in [5.41, 5.74) is 3.44. The van der Waals surface area contributed by atoms with E-state index in [0.29, 0.717) is 35.1 Å². The van der Waals surface area contributed by atoms with Gasteiger partial charge in [0.25, 0.3) is 0 Å². The maximum Gasteiger partial charge on any atom is 0.179 e. The van der Waals surface area contributed by atoms with Crippen LogP contribution in [0.1, 0.15) is 49.2 Å². The number of nitrogens with one attached hydrogen (secondary N) is 2. The van der Waals surface area contributed by atoms with Crippen molar-refractivity contribution in [1.29, 1.82) is 0 Å². The lowest BCUT2D eigenvalue weighted by Crippen LogP contribution is -2.32. The third-order valence-corrected chi connectivity index (χ3v) is 6.45. The summed E-state index contributed by atoms with van der Waals surface area (Å²) in [6.07, 6.45) is 6.23. The van der Waals surface area contributed by atoms with Gasteiger partial charge in [0.2, 0.25) is 0 Å². The highest BCUT2D eigenvalue weighted by Crippen LogP contribution is 2.39. The van der Waals surface area contributed by atoms with Crippen molar-refractivity contribution in [3.05, 3.63) is 41.5 Å². The molecule has 0 bridgehead atoms. The maximum absolute atomic E-state index is 13.5. The number of benzene rings is 1. The fourth-order valence-electron chi connectivity index (χ4n) is 4.42. The number of H-pyrrole nitrogens is 1. The van der Waals surface area contributed by atoms with E-state index in [1.54, 1.807) is 0 Å². The van der Waals surface area contributed by atoms with E-state index in [-0.39, 0.29) is 6.04 Å². The zero-order chi connectivity index (χ0) is 21.8. The van der Waals surface area contributed by atoms with Gasteiger partial charge < -0.3 is 15.2 Å². The van der Waals surface area contributed by atoms with Crippen LogP contribution >= 0.6 is 0 Å². The molecule has 2 N–H and O–H groups in total. The molecule has 1 aliphatic carbocycles. The lowest BCUT2D eigenvalue weighted by Gasteiger charge is -2.29. The molecule has 3 aromatic heterocycles. The van der Waals surface area contributed by atoms with Gasteiger partial charge in [-0.25, -0.2) is 28.4 Å². The number of fused-ring (bicyclic) bond motifs is 2. The van der Waals surface area contributed by atoms with Gasteiger partial charge in [0.1, 0.15) is 5.82 Å². The highest BCUT2D eigenvalue weighted by Gasteiger charge is 2.28. The quantitative estimate of drug-likeness (QED) is 0.494. The van der Waals surface area contributed by atoms with Crippen LogP contribution in [-0.4, -0.2) is 54.8 Å². The van der Waals surface area contributed by atoms with Crippen molar-refractivity contribution in [1.82, 2.24) is 34.6 Å². The molecule has 1 saturated heterocycles. The van der Waals surface area contributed by atoms with Crippen molar-refractivity contribution in [2.75, 3.05) is 25.5 Å². The predicted octanol–water partition coefficient (Wildman–Crippen LogP) is 3.74. The SMILES string of the molecule is CN1CCC(n2nc(NCc3nc4cc(F)c(F)cc4[nH]3)c3ncc(C4CC4)nc32)CC1. The molecule has 32 heavy (non-hydrogen) atoms. The van der Waals surface area contributed by atoms with Crippen LogP contribution in [0.5, 0.6) is 0 Å². The third-order valence-electron chi connectivity index (χ3n) is 6.45. The first-order valence-corrected chi connectivity index (χ1v) is 11.1. The summed E-state index contributed by atoms with van der Waals surface area (Å²) in [4.78, 5) is 19.4. The number of piperidine rings is 1. The Hall–Kier alpha value is -3.14. The molecule has 2 fully saturated rings. The van der Waals surface area contributed by atoms with E-state index in [4.69, 9.17) is 15.1 Å². The number of imidazole rings is 1. The number of rotatable bonds is 5. The first-order valence-electron chi connectivity index (χ1n) is 11.1. The van der Waals surface area contributed by atoms with E-state index in [1.807, 2.05) is 10.9 Å². The molecule has 0 atom stereocenters. The Morgan fingerprint density at radius 3 is 2.66 bits per heavy atom. The molecule has 10 heteroatoms. The van der Waals surface area contributed by atoms with Crippen molar-refractivity contribution in [2.24, 2.45) is 0 Å².